The summed E-state index contributed by atoms with van der Waals surface area (Å²) in [7, 11) is 1.65. The average molecular weight is 636 g/mol. The number of anilines is 3. The number of rotatable bonds is 12. The summed E-state index contributed by atoms with van der Waals surface area (Å²) >= 11 is 0. The summed E-state index contributed by atoms with van der Waals surface area (Å²) in [6.45, 7) is 8.86. The zero-order valence-corrected chi connectivity index (χ0v) is 27.3. The molecule has 3 aromatic carbocycles. The van der Waals surface area contributed by atoms with Crippen molar-refractivity contribution in [1.82, 2.24) is 24.4 Å². The van der Waals surface area contributed by atoms with Gasteiger partial charge >= 0.3 is 6.09 Å². The molecular formula is C36H41N7O4. The predicted octanol–water partition coefficient (Wildman–Crippen LogP) is 6.59. The van der Waals surface area contributed by atoms with E-state index in [4.69, 9.17) is 29.2 Å². The minimum atomic E-state index is -0.554. The van der Waals surface area contributed by atoms with Crippen molar-refractivity contribution in [2.45, 2.75) is 45.5 Å². The summed E-state index contributed by atoms with van der Waals surface area (Å²) in [4.78, 5) is 31.5. The van der Waals surface area contributed by atoms with Gasteiger partial charge in [0.2, 0.25) is 5.95 Å². The molecule has 0 bridgehead atoms. The highest BCUT2D eigenvalue weighted by molar-refractivity contribution is 5.85. The van der Waals surface area contributed by atoms with Crippen LogP contribution in [0.3, 0.4) is 0 Å². The van der Waals surface area contributed by atoms with Crippen LogP contribution in [-0.2, 0) is 22.6 Å². The van der Waals surface area contributed by atoms with E-state index in [0.29, 0.717) is 62.3 Å². The largest absolute Gasteiger partial charge is 0.491 e. The van der Waals surface area contributed by atoms with Gasteiger partial charge in [-0.15, -0.1) is 0 Å². The van der Waals surface area contributed by atoms with Gasteiger partial charge in [0.15, 0.2) is 17.0 Å². The first-order valence-corrected chi connectivity index (χ1v) is 15.8. The van der Waals surface area contributed by atoms with E-state index in [1.54, 1.807) is 18.3 Å². The van der Waals surface area contributed by atoms with E-state index < -0.39 is 5.60 Å². The Morgan fingerprint density at radius 1 is 0.894 bits per heavy atom. The van der Waals surface area contributed by atoms with Crippen molar-refractivity contribution >= 4 is 34.7 Å². The van der Waals surface area contributed by atoms with Crippen LogP contribution in [0, 0.1) is 0 Å². The number of fused-ring (bicyclic) bond motifs is 1. The fourth-order valence-electron chi connectivity index (χ4n) is 5.37. The lowest BCUT2D eigenvalue weighted by molar-refractivity contribution is 0.00144. The molecular weight excluding hydrogens is 594 g/mol. The normalized spacial score (nSPS) is 13.3. The second-order valence-corrected chi connectivity index (χ2v) is 12.6. The Kier molecular flexibility index (Phi) is 9.53. The number of nitrogens with zero attached hydrogens (tertiary/aromatic N) is 6. The molecule has 1 aliphatic rings. The highest BCUT2D eigenvalue weighted by Gasteiger charge is 2.36. The third kappa shape index (κ3) is 7.98. The number of amides is 1. The SMILES string of the molecule is COCCOc1ccc(Nc2nc(N(Cc3ccccc3)Cc3ccccc3)c3ncn(C4CN(C(=O)OC(C)(C)C)C4)c3n2)cc1. The molecule has 6 rings (SSSR count). The van der Waals surface area contributed by atoms with E-state index in [9.17, 15) is 4.79 Å². The van der Waals surface area contributed by atoms with Gasteiger partial charge in [-0.2, -0.15) is 9.97 Å². The van der Waals surface area contributed by atoms with Crippen LogP contribution in [0.2, 0.25) is 0 Å². The molecule has 3 heterocycles. The lowest BCUT2D eigenvalue weighted by Gasteiger charge is -2.40. The zero-order valence-electron chi connectivity index (χ0n) is 27.3. The van der Waals surface area contributed by atoms with Gasteiger partial charge in [-0.1, -0.05) is 60.7 Å². The molecule has 1 N–H and O–H groups in total. The second-order valence-electron chi connectivity index (χ2n) is 12.6. The van der Waals surface area contributed by atoms with Crippen LogP contribution in [0.25, 0.3) is 11.2 Å². The molecule has 244 valence electrons. The maximum absolute atomic E-state index is 12.7. The minimum Gasteiger partial charge on any atom is -0.491 e. The molecule has 0 radical (unpaired) electrons. The van der Waals surface area contributed by atoms with Crippen LogP contribution in [0.4, 0.5) is 22.2 Å². The lowest BCUT2D eigenvalue weighted by Crippen LogP contribution is -2.52. The van der Waals surface area contributed by atoms with Gasteiger partial charge in [0.05, 0.1) is 19.0 Å². The third-order valence-corrected chi connectivity index (χ3v) is 7.71. The van der Waals surface area contributed by atoms with Gasteiger partial charge in [0.25, 0.3) is 0 Å². The van der Waals surface area contributed by atoms with Gasteiger partial charge in [-0.3, -0.25) is 0 Å². The number of benzene rings is 3. The summed E-state index contributed by atoms with van der Waals surface area (Å²) in [6, 6.07) is 28.3. The molecule has 1 aliphatic heterocycles. The number of likely N-dealkylation sites (tertiary alicyclic amines) is 1. The molecule has 5 aromatic rings. The molecule has 0 saturated carbocycles. The van der Waals surface area contributed by atoms with E-state index in [0.717, 1.165) is 22.6 Å². The van der Waals surface area contributed by atoms with Crippen molar-refractivity contribution < 1.29 is 19.0 Å². The number of carbonyl (C=O) groups is 1. The van der Waals surface area contributed by atoms with Crippen molar-refractivity contribution in [3.05, 3.63) is 102 Å². The molecule has 11 heteroatoms. The Hall–Kier alpha value is -5.16. The maximum atomic E-state index is 12.7. The quantitative estimate of drug-likeness (QED) is 0.152. The summed E-state index contributed by atoms with van der Waals surface area (Å²) in [6.07, 6.45) is 1.49. The second kappa shape index (κ2) is 14.1. The van der Waals surface area contributed by atoms with E-state index in [2.05, 4.69) is 34.5 Å². The van der Waals surface area contributed by atoms with Crippen molar-refractivity contribution in [2.75, 3.05) is 43.6 Å². The average Bonchev–Trinajstić information content (AvgIpc) is 3.44. The van der Waals surface area contributed by atoms with Crippen LogP contribution >= 0.6 is 0 Å². The van der Waals surface area contributed by atoms with Crippen molar-refractivity contribution in [3.63, 3.8) is 0 Å². The standard InChI is InChI=1S/C36H41N7O4/c1-36(2,3)47-35(44)42-23-29(24-42)43-25-37-31-32(41(21-26-11-7-5-8-12-26)22-27-13-9-6-10-14-27)39-34(40-33(31)43)38-28-15-17-30(18-16-28)46-20-19-45-4/h5-18,25,29H,19-24H2,1-4H3,(H,38,39,40). The number of hydrogen-bond acceptors (Lipinski definition) is 9. The van der Waals surface area contributed by atoms with Gasteiger partial charge in [0, 0.05) is 39.0 Å². The van der Waals surface area contributed by atoms with Crippen LogP contribution in [0.15, 0.2) is 91.3 Å². The minimum absolute atomic E-state index is 0.00310. The zero-order chi connectivity index (χ0) is 32.8. The molecule has 1 saturated heterocycles. The Morgan fingerprint density at radius 3 is 2.13 bits per heavy atom. The summed E-state index contributed by atoms with van der Waals surface area (Å²) in [5.41, 5.74) is 3.96. The first-order valence-electron chi connectivity index (χ1n) is 15.8. The molecule has 0 spiro atoms. The number of hydrogen-bond donors (Lipinski definition) is 1. The van der Waals surface area contributed by atoms with Crippen LogP contribution in [0.5, 0.6) is 5.75 Å². The van der Waals surface area contributed by atoms with Gasteiger partial charge in [-0.05, 0) is 56.2 Å². The highest BCUT2D eigenvalue weighted by atomic mass is 16.6. The van der Waals surface area contributed by atoms with E-state index in [1.807, 2.05) is 86.0 Å². The monoisotopic (exact) mass is 635 g/mol. The fraction of sp³-hybridized carbons (Fsp3) is 0.333. The first kappa shape index (κ1) is 31.8. The van der Waals surface area contributed by atoms with Gasteiger partial charge < -0.3 is 33.9 Å². The van der Waals surface area contributed by atoms with Gasteiger partial charge in [0.1, 0.15) is 18.0 Å². The van der Waals surface area contributed by atoms with Crippen molar-refractivity contribution in [3.8, 4) is 5.75 Å². The van der Waals surface area contributed by atoms with Crippen molar-refractivity contribution in [2.24, 2.45) is 0 Å². The topological polar surface area (TPSA) is 107 Å². The molecule has 0 unspecified atom stereocenters. The van der Waals surface area contributed by atoms with E-state index >= 15 is 0 Å². The van der Waals surface area contributed by atoms with Gasteiger partial charge in [-0.25, -0.2) is 9.78 Å². The molecule has 0 atom stereocenters. The maximum Gasteiger partial charge on any atom is 0.410 e. The fourth-order valence-corrected chi connectivity index (χ4v) is 5.37. The lowest BCUT2D eigenvalue weighted by atomic mass is 10.1. The number of nitrogens with one attached hydrogen (secondary N) is 1. The Bertz CT molecular complexity index is 1730. The number of aromatic nitrogens is 4. The number of carbonyl (C=O) groups excluding carboxylic acids is 1. The molecule has 1 amide bonds. The third-order valence-electron chi connectivity index (χ3n) is 7.71. The Balaban J connectivity index is 1.35. The van der Waals surface area contributed by atoms with Crippen LogP contribution < -0.4 is 15.0 Å². The summed E-state index contributed by atoms with van der Waals surface area (Å²) in [5, 5.41) is 3.40. The highest BCUT2D eigenvalue weighted by Crippen LogP contribution is 2.32. The summed E-state index contributed by atoms with van der Waals surface area (Å²) < 4.78 is 18.4. The predicted molar refractivity (Wildman–Crippen MR) is 182 cm³/mol. The van der Waals surface area contributed by atoms with E-state index in [-0.39, 0.29) is 12.1 Å². The number of methoxy groups -OCH3 is 1. The molecule has 2 aromatic heterocycles. The summed E-state index contributed by atoms with van der Waals surface area (Å²) in [5.74, 6) is 1.91. The Labute approximate surface area is 275 Å². The van der Waals surface area contributed by atoms with E-state index in [1.165, 1.54) is 0 Å². The number of ether oxygens (including phenoxy) is 3. The smallest absolute Gasteiger partial charge is 0.410 e. The molecule has 47 heavy (non-hydrogen) atoms. The van der Waals surface area contributed by atoms with Crippen molar-refractivity contribution in [1.29, 1.82) is 0 Å². The molecule has 0 aliphatic carbocycles. The first-order chi connectivity index (χ1) is 22.8. The van der Waals surface area contributed by atoms with Crippen LogP contribution in [0.1, 0.15) is 37.9 Å². The number of imidazole rings is 1. The molecule has 1 fully saturated rings. The Morgan fingerprint density at radius 2 is 1.53 bits per heavy atom. The molecule has 11 nitrogen and oxygen atoms in total. The van der Waals surface area contributed by atoms with Crippen LogP contribution in [-0.4, -0.2) is 69.5 Å².